The molecule has 62 valence electrons. The molecule has 0 atom stereocenters. The lowest BCUT2D eigenvalue weighted by Gasteiger charge is -2.22. The van der Waals surface area contributed by atoms with Crippen molar-refractivity contribution in [2.45, 2.75) is 5.79 Å². The second-order valence-electron chi connectivity index (χ2n) is 2.45. The van der Waals surface area contributed by atoms with E-state index in [0.29, 0.717) is 11.5 Å². The Kier molecular flexibility index (Phi) is 1.15. The predicted molar refractivity (Wildman–Crippen MR) is 46.1 cm³/mol. The van der Waals surface area contributed by atoms with Gasteiger partial charge in [0, 0.05) is 0 Å². The Labute approximate surface area is 67.8 Å². The highest BCUT2D eigenvalue weighted by Crippen LogP contribution is 2.10. The van der Waals surface area contributed by atoms with E-state index in [-0.39, 0.29) is 5.96 Å². The van der Waals surface area contributed by atoms with Crippen molar-refractivity contribution >= 4 is 23.8 Å². The fourth-order valence-corrected chi connectivity index (χ4v) is 1.00. The number of rotatable bonds is 0. The van der Waals surface area contributed by atoms with Crippen LogP contribution in [0.15, 0.2) is 20.0 Å². The summed E-state index contributed by atoms with van der Waals surface area (Å²) in [5.74, 6) is -1.03. The SMILES string of the molecule is NC1=NC(N)(N)C2=NC=NC2=N1. The van der Waals surface area contributed by atoms with Crippen LogP contribution in [0, 0.1) is 0 Å². The Balaban J connectivity index is 2.54. The molecule has 2 rings (SSSR count). The van der Waals surface area contributed by atoms with Gasteiger partial charge in [0.2, 0.25) is 11.7 Å². The molecule has 0 unspecified atom stereocenters. The molecule has 7 nitrogen and oxygen atoms in total. The quantitative estimate of drug-likeness (QED) is 0.351. The van der Waals surface area contributed by atoms with Gasteiger partial charge in [-0.3, -0.25) is 11.5 Å². The fraction of sp³-hybridized carbons (Fsp3) is 0.200. The largest absolute Gasteiger partial charge is 0.368 e. The van der Waals surface area contributed by atoms with Crippen molar-refractivity contribution in [1.82, 2.24) is 0 Å². The Morgan fingerprint density at radius 1 is 1.33 bits per heavy atom. The summed E-state index contributed by atoms with van der Waals surface area (Å²) in [5.41, 5.74) is 16.8. The first-order valence-electron chi connectivity index (χ1n) is 3.22. The number of nitrogens with two attached hydrogens (primary N) is 3. The van der Waals surface area contributed by atoms with E-state index in [2.05, 4.69) is 20.0 Å². The summed E-state index contributed by atoms with van der Waals surface area (Å²) in [6.07, 6.45) is 1.32. The van der Waals surface area contributed by atoms with Gasteiger partial charge in [0.1, 0.15) is 12.1 Å². The first-order valence-corrected chi connectivity index (χ1v) is 3.22. The number of hydrogen-bond donors (Lipinski definition) is 3. The van der Waals surface area contributed by atoms with Gasteiger partial charge in [0.05, 0.1) is 0 Å². The van der Waals surface area contributed by atoms with Gasteiger partial charge in [-0.15, -0.1) is 0 Å². The lowest BCUT2D eigenvalue weighted by Crippen LogP contribution is -2.59. The lowest BCUT2D eigenvalue weighted by atomic mass is 10.2. The van der Waals surface area contributed by atoms with Crippen LogP contribution >= 0.6 is 0 Å². The zero-order valence-electron chi connectivity index (χ0n) is 6.10. The maximum absolute atomic E-state index is 5.57. The highest BCUT2D eigenvalue weighted by Gasteiger charge is 2.35. The molecule has 0 saturated carbocycles. The summed E-state index contributed by atoms with van der Waals surface area (Å²) in [4.78, 5) is 15.1. The van der Waals surface area contributed by atoms with Crippen LogP contribution in [0.4, 0.5) is 0 Å². The number of guanidine groups is 1. The second kappa shape index (κ2) is 1.96. The maximum Gasteiger partial charge on any atom is 0.220 e. The van der Waals surface area contributed by atoms with Crippen molar-refractivity contribution in [3.8, 4) is 0 Å². The molecule has 2 aliphatic heterocycles. The fourth-order valence-electron chi connectivity index (χ4n) is 1.00. The monoisotopic (exact) mass is 165 g/mol. The Hall–Kier alpha value is -1.60. The van der Waals surface area contributed by atoms with E-state index < -0.39 is 5.79 Å². The van der Waals surface area contributed by atoms with Crippen molar-refractivity contribution in [1.29, 1.82) is 0 Å². The summed E-state index contributed by atoms with van der Waals surface area (Å²) in [6, 6.07) is 0. The van der Waals surface area contributed by atoms with Crippen LogP contribution in [-0.2, 0) is 0 Å². The van der Waals surface area contributed by atoms with Gasteiger partial charge >= 0.3 is 0 Å². The van der Waals surface area contributed by atoms with Crippen molar-refractivity contribution < 1.29 is 0 Å². The minimum atomic E-state index is -1.39. The van der Waals surface area contributed by atoms with Crippen molar-refractivity contribution in [2.24, 2.45) is 37.2 Å². The van der Waals surface area contributed by atoms with Crippen molar-refractivity contribution in [3.05, 3.63) is 0 Å². The molecule has 0 amide bonds. The number of aliphatic imine (C=N–C) groups is 4. The highest BCUT2D eigenvalue weighted by atomic mass is 15.3. The Bertz CT molecular complexity index is 345. The van der Waals surface area contributed by atoms with Crippen LogP contribution in [0.25, 0.3) is 0 Å². The number of hydrogen-bond acceptors (Lipinski definition) is 7. The summed E-state index contributed by atoms with van der Waals surface area (Å²) in [7, 11) is 0. The molecule has 0 spiro atoms. The summed E-state index contributed by atoms with van der Waals surface area (Å²) >= 11 is 0. The van der Waals surface area contributed by atoms with Crippen LogP contribution in [0.3, 0.4) is 0 Å². The zero-order valence-corrected chi connectivity index (χ0v) is 6.10. The van der Waals surface area contributed by atoms with E-state index in [1.54, 1.807) is 0 Å². The van der Waals surface area contributed by atoms with Gasteiger partial charge in [-0.1, -0.05) is 0 Å². The molecule has 12 heavy (non-hydrogen) atoms. The molecule has 0 aromatic rings. The van der Waals surface area contributed by atoms with Gasteiger partial charge in [0.15, 0.2) is 5.84 Å². The first kappa shape index (κ1) is 7.07. The van der Waals surface area contributed by atoms with Gasteiger partial charge in [-0.05, 0) is 0 Å². The molecule has 0 saturated heterocycles. The average Bonchev–Trinajstić information content (AvgIpc) is 2.32. The van der Waals surface area contributed by atoms with Gasteiger partial charge < -0.3 is 5.73 Å². The van der Waals surface area contributed by atoms with Crippen LogP contribution in [0.1, 0.15) is 0 Å². The maximum atomic E-state index is 5.57. The normalized spacial score (nSPS) is 24.3. The minimum absolute atomic E-state index is 0.0213. The molecular weight excluding hydrogens is 158 g/mol. The van der Waals surface area contributed by atoms with Gasteiger partial charge in [-0.25, -0.2) is 15.0 Å². The number of fused-ring (bicyclic) bond motifs is 1. The van der Waals surface area contributed by atoms with Gasteiger partial charge in [0.25, 0.3) is 0 Å². The summed E-state index contributed by atoms with van der Waals surface area (Å²) in [6.45, 7) is 0. The van der Waals surface area contributed by atoms with E-state index in [0.717, 1.165) is 0 Å². The minimum Gasteiger partial charge on any atom is -0.368 e. The molecule has 0 radical (unpaired) electrons. The first-order chi connectivity index (χ1) is 5.59. The van der Waals surface area contributed by atoms with Crippen LogP contribution in [0.2, 0.25) is 0 Å². The van der Waals surface area contributed by atoms with E-state index in [1.807, 2.05) is 0 Å². The topological polar surface area (TPSA) is 127 Å². The van der Waals surface area contributed by atoms with Crippen LogP contribution in [0.5, 0.6) is 0 Å². The molecule has 0 aliphatic carbocycles. The van der Waals surface area contributed by atoms with E-state index in [4.69, 9.17) is 17.2 Å². The third-order valence-electron chi connectivity index (χ3n) is 1.48. The molecular formula is C5H7N7. The third-order valence-corrected chi connectivity index (χ3v) is 1.48. The molecule has 2 aliphatic rings. The zero-order chi connectivity index (χ0) is 8.77. The molecule has 2 heterocycles. The summed E-state index contributed by atoms with van der Waals surface area (Å²) in [5, 5.41) is 0. The molecule has 0 bridgehead atoms. The average molecular weight is 165 g/mol. The van der Waals surface area contributed by atoms with E-state index in [1.165, 1.54) is 6.34 Å². The van der Waals surface area contributed by atoms with E-state index >= 15 is 0 Å². The summed E-state index contributed by atoms with van der Waals surface area (Å²) < 4.78 is 0. The second-order valence-corrected chi connectivity index (χ2v) is 2.45. The highest BCUT2D eigenvalue weighted by molar-refractivity contribution is 6.50. The van der Waals surface area contributed by atoms with Crippen molar-refractivity contribution in [3.63, 3.8) is 0 Å². The molecule has 0 aromatic heterocycles. The van der Waals surface area contributed by atoms with E-state index in [9.17, 15) is 0 Å². The smallest absolute Gasteiger partial charge is 0.220 e. The van der Waals surface area contributed by atoms with Crippen LogP contribution < -0.4 is 17.2 Å². The molecule has 7 heteroatoms. The lowest BCUT2D eigenvalue weighted by molar-refractivity contribution is 0.629. The molecule has 0 fully saturated rings. The molecule has 0 aromatic carbocycles. The number of nitrogens with zero attached hydrogens (tertiary/aromatic N) is 4. The predicted octanol–water partition coefficient (Wildman–Crippen LogP) is -2.23. The van der Waals surface area contributed by atoms with Crippen LogP contribution in [-0.4, -0.2) is 29.6 Å². The molecule has 6 N–H and O–H groups in total. The number of amidine groups is 1. The van der Waals surface area contributed by atoms with Crippen molar-refractivity contribution in [2.75, 3.05) is 0 Å². The third kappa shape index (κ3) is 0.840. The Morgan fingerprint density at radius 2 is 2.08 bits per heavy atom. The standard InChI is InChI=1S/C5H7N7/c6-4-11-3-2(9-1-10-3)5(7,8)12-4/h1H,7-8H2,(H2,6,12). The Morgan fingerprint density at radius 3 is 2.83 bits per heavy atom. The van der Waals surface area contributed by atoms with Gasteiger partial charge in [-0.2, -0.15) is 4.99 Å².